The van der Waals surface area contributed by atoms with E-state index in [4.69, 9.17) is 17.0 Å². The maximum Gasteiger partial charge on any atom is 0.243 e. The monoisotopic (exact) mass is 423 g/mol. The number of halogens is 1. The maximum atomic E-state index is 13.8. The molecule has 0 aromatic heterocycles. The fraction of sp³-hybridized carbons (Fsp3) is 0.316. The quantitative estimate of drug-likeness (QED) is 0.713. The highest BCUT2D eigenvalue weighted by Crippen LogP contribution is 2.30. The van der Waals surface area contributed by atoms with Crippen molar-refractivity contribution in [2.45, 2.75) is 24.2 Å². The van der Waals surface area contributed by atoms with E-state index in [2.05, 4.69) is 10.6 Å². The number of sulfonamides is 1. The van der Waals surface area contributed by atoms with Crippen LogP contribution in [0.5, 0.6) is 5.75 Å². The first-order valence-corrected chi connectivity index (χ1v) is 10.8. The van der Waals surface area contributed by atoms with Crippen LogP contribution in [0.4, 0.5) is 15.8 Å². The van der Waals surface area contributed by atoms with Crippen molar-refractivity contribution in [1.29, 1.82) is 0 Å². The first-order chi connectivity index (χ1) is 13.4. The molecule has 0 radical (unpaired) electrons. The SMILES string of the molecule is COc1ccc(S(=O)(=O)N2CCCCC2)cc1NC(=S)Nc1ccccc1F. The van der Waals surface area contributed by atoms with Crippen LogP contribution in [0.1, 0.15) is 19.3 Å². The average Bonchev–Trinajstić information content (AvgIpc) is 2.70. The van der Waals surface area contributed by atoms with Crippen LogP contribution >= 0.6 is 12.2 Å². The number of hydrogen-bond donors (Lipinski definition) is 2. The van der Waals surface area contributed by atoms with E-state index < -0.39 is 15.8 Å². The van der Waals surface area contributed by atoms with Gasteiger partial charge in [-0.15, -0.1) is 0 Å². The van der Waals surface area contributed by atoms with Crippen molar-refractivity contribution >= 4 is 38.7 Å². The van der Waals surface area contributed by atoms with Crippen LogP contribution in [0.3, 0.4) is 0 Å². The van der Waals surface area contributed by atoms with E-state index in [1.54, 1.807) is 24.3 Å². The van der Waals surface area contributed by atoms with Crippen LogP contribution in [0.15, 0.2) is 47.4 Å². The maximum absolute atomic E-state index is 13.8. The molecule has 3 rings (SSSR count). The molecule has 2 aromatic rings. The molecule has 0 bridgehead atoms. The molecule has 28 heavy (non-hydrogen) atoms. The summed E-state index contributed by atoms with van der Waals surface area (Å²) >= 11 is 5.24. The molecule has 1 aliphatic rings. The highest BCUT2D eigenvalue weighted by Gasteiger charge is 2.26. The Morgan fingerprint density at radius 2 is 1.75 bits per heavy atom. The molecule has 2 N–H and O–H groups in total. The van der Waals surface area contributed by atoms with Gasteiger partial charge in [0.05, 0.1) is 23.4 Å². The Morgan fingerprint density at radius 3 is 2.43 bits per heavy atom. The van der Waals surface area contributed by atoms with Crippen LogP contribution < -0.4 is 15.4 Å². The molecule has 2 aromatic carbocycles. The van der Waals surface area contributed by atoms with Crippen LogP contribution in [0, 0.1) is 5.82 Å². The van der Waals surface area contributed by atoms with Gasteiger partial charge < -0.3 is 15.4 Å². The molecule has 1 fully saturated rings. The number of rotatable bonds is 5. The van der Waals surface area contributed by atoms with E-state index >= 15 is 0 Å². The number of para-hydroxylation sites is 1. The van der Waals surface area contributed by atoms with E-state index in [0.717, 1.165) is 19.3 Å². The van der Waals surface area contributed by atoms with Crippen LogP contribution in [-0.4, -0.2) is 38.0 Å². The molecule has 9 heteroatoms. The molecule has 0 amide bonds. The van der Waals surface area contributed by atoms with Crippen molar-refractivity contribution in [3.8, 4) is 5.75 Å². The molecule has 6 nitrogen and oxygen atoms in total. The van der Waals surface area contributed by atoms with Gasteiger partial charge in [-0.2, -0.15) is 4.31 Å². The molecule has 150 valence electrons. The first-order valence-electron chi connectivity index (χ1n) is 8.92. The second-order valence-electron chi connectivity index (χ2n) is 6.39. The number of anilines is 2. The number of ether oxygens (including phenoxy) is 1. The lowest BCUT2D eigenvalue weighted by atomic mass is 10.2. The molecular weight excluding hydrogens is 401 g/mol. The molecule has 1 aliphatic heterocycles. The van der Waals surface area contributed by atoms with Crippen LogP contribution in [0.2, 0.25) is 0 Å². The van der Waals surface area contributed by atoms with Gasteiger partial charge in [0.2, 0.25) is 10.0 Å². The summed E-state index contributed by atoms with van der Waals surface area (Å²) in [6.45, 7) is 1.04. The van der Waals surface area contributed by atoms with Crippen molar-refractivity contribution in [3.05, 3.63) is 48.3 Å². The molecule has 0 spiro atoms. The van der Waals surface area contributed by atoms with Crippen molar-refractivity contribution in [2.75, 3.05) is 30.8 Å². The minimum Gasteiger partial charge on any atom is -0.495 e. The zero-order chi connectivity index (χ0) is 20.1. The largest absolute Gasteiger partial charge is 0.495 e. The summed E-state index contributed by atoms with van der Waals surface area (Å²) in [5.74, 6) is -0.0182. The normalized spacial score (nSPS) is 15.1. The molecular formula is C19H22FN3O3S2. The van der Waals surface area contributed by atoms with Crippen LogP contribution in [-0.2, 0) is 10.0 Å². The van der Waals surface area contributed by atoms with Gasteiger partial charge in [0.15, 0.2) is 5.11 Å². The van der Waals surface area contributed by atoms with Crippen molar-refractivity contribution in [1.82, 2.24) is 4.31 Å². The molecule has 0 saturated carbocycles. The standard InChI is InChI=1S/C19H22FN3O3S2/c1-26-18-10-9-14(28(24,25)23-11-5-2-6-12-23)13-17(18)22-19(27)21-16-8-4-3-7-15(16)20/h3-4,7-10,13H,2,5-6,11-12H2,1H3,(H2,21,22,27). The van der Waals surface area contributed by atoms with E-state index in [1.165, 1.54) is 29.6 Å². The number of hydrogen-bond acceptors (Lipinski definition) is 4. The summed E-state index contributed by atoms with van der Waals surface area (Å²) in [7, 11) is -2.12. The van der Waals surface area contributed by atoms with Gasteiger partial charge in [0.1, 0.15) is 11.6 Å². The number of nitrogens with one attached hydrogen (secondary N) is 2. The van der Waals surface area contributed by atoms with Gasteiger partial charge in [-0.3, -0.25) is 0 Å². The number of piperidine rings is 1. The topological polar surface area (TPSA) is 70.7 Å². The molecule has 1 heterocycles. The highest BCUT2D eigenvalue weighted by molar-refractivity contribution is 7.89. The average molecular weight is 424 g/mol. The Morgan fingerprint density at radius 1 is 1.07 bits per heavy atom. The molecule has 0 unspecified atom stereocenters. The zero-order valence-corrected chi connectivity index (χ0v) is 17.1. The number of methoxy groups -OCH3 is 1. The molecule has 0 aliphatic carbocycles. The van der Waals surface area contributed by atoms with Gasteiger partial charge in [-0.25, -0.2) is 12.8 Å². The minimum atomic E-state index is -3.60. The molecule has 1 saturated heterocycles. The fourth-order valence-corrected chi connectivity index (χ4v) is 4.80. The Kier molecular flexibility index (Phi) is 6.48. The first kappa shape index (κ1) is 20.5. The zero-order valence-electron chi connectivity index (χ0n) is 15.4. The summed E-state index contributed by atoms with van der Waals surface area (Å²) in [5.41, 5.74) is 0.602. The Labute approximate surface area is 169 Å². The Balaban J connectivity index is 1.83. The highest BCUT2D eigenvalue weighted by atomic mass is 32.2. The summed E-state index contributed by atoms with van der Waals surface area (Å²) in [6, 6.07) is 10.7. The third-order valence-corrected chi connectivity index (χ3v) is 6.59. The molecule has 0 atom stereocenters. The Bertz CT molecular complexity index is 961. The predicted octanol–water partition coefficient (Wildman–Crippen LogP) is 3.82. The van der Waals surface area contributed by atoms with Gasteiger partial charge >= 0.3 is 0 Å². The van der Waals surface area contributed by atoms with E-state index in [-0.39, 0.29) is 15.7 Å². The van der Waals surface area contributed by atoms with Crippen molar-refractivity contribution in [2.24, 2.45) is 0 Å². The smallest absolute Gasteiger partial charge is 0.243 e. The van der Waals surface area contributed by atoms with Crippen LogP contribution in [0.25, 0.3) is 0 Å². The predicted molar refractivity (Wildman–Crippen MR) is 112 cm³/mol. The summed E-state index contributed by atoms with van der Waals surface area (Å²) in [4.78, 5) is 0.159. The minimum absolute atomic E-state index is 0.121. The lowest BCUT2D eigenvalue weighted by Gasteiger charge is -2.26. The van der Waals surface area contributed by atoms with E-state index in [9.17, 15) is 12.8 Å². The third-order valence-electron chi connectivity index (χ3n) is 4.49. The van der Waals surface area contributed by atoms with Gasteiger partial charge in [-0.05, 0) is 55.4 Å². The number of benzene rings is 2. The Hall–Kier alpha value is -2.23. The lowest BCUT2D eigenvalue weighted by Crippen LogP contribution is -2.35. The number of nitrogens with zero attached hydrogens (tertiary/aromatic N) is 1. The lowest BCUT2D eigenvalue weighted by molar-refractivity contribution is 0.346. The van der Waals surface area contributed by atoms with E-state index in [0.29, 0.717) is 24.5 Å². The second-order valence-corrected chi connectivity index (χ2v) is 8.73. The second kappa shape index (κ2) is 8.85. The van der Waals surface area contributed by atoms with Gasteiger partial charge in [0, 0.05) is 13.1 Å². The fourth-order valence-electron chi connectivity index (χ4n) is 3.04. The van der Waals surface area contributed by atoms with Gasteiger partial charge in [0.25, 0.3) is 0 Å². The van der Waals surface area contributed by atoms with E-state index in [1.807, 2.05) is 0 Å². The van der Waals surface area contributed by atoms with Crippen molar-refractivity contribution in [3.63, 3.8) is 0 Å². The third kappa shape index (κ3) is 4.60. The number of thiocarbonyl (C=S) groups is 1. The summed E-state index contributed by atoms with van der Waals surface area (Å²) in [5, 5.41) is 5.78. The van der Waals surface area contributed by atoms with Gasteiger partial charge in [-0.1, -0.05) is 18.6 Å². The summed E-state index contributed by atoms with van der Waals surface area (Å²) < 4.78 is 46.4. The van der Waals surface area contributed by atoms with Crippen molar-refractivity contribution < 1.29 is 17.5 Å². The summed E-state index contributed by atoms with van der Waals surface area (Å²) in [6.07, 6.45) is 2.76.